The predicted molar refractivity (Wildman–Crippen MR) is 54.8 cm³/mol. The van der Waals surface area contributed by atoms with Crippen LogP contribution >= 0.6 is 11.8 Å². The van der Waals surface area contributed by atoms with E-state index in [1.807, 2.05) is 6.26 Å². The van der Waals surface area contributed by atoms with Crippen molar-refractivity contribution in [3.63, 3.8) is 0 Å². The summed E-state index contributed by atoms with van der Waals surface area (Å²) in [4.78, 5) is 8.38. The van der Waals surface area contributed by atoms with E-state index in [9.17, 15) is 0 Å². The Bertz CT molecular complexity index is 310. The number of thioether (sulfide) groups is 1. The average Bonchev–Trinajstić information content (AvgIpc) is 2.00. The van der Waals surface area contributed by atoms with Crippen LogP contribution in [0.2, 0.25) is 0 Å². The van der Waals surface area contributed by atoms with E-state index in [1.165, 1.54) is 19.3 Å². The first kappa shape index (κ1) is 8.81. The number of rotatable bonds is 2. The molecule has 0 unspecified atom stereocenters. The highest BCUT2D eigenvalue weighted by atomic mass is 32.2. The second kappa shape index (κ2) is 3.54. The first-order chi connectivity index (χ1) is 6.29. The maximum Gasteiger partial charge on any atom is 0.221 e. The van der Waals surface area contributed by atoms with Gasteiger partial charge in [0, 0.05) is 5.92 Å². The lowest BCUT2D eigenvalue weighted by Gasteiger charge is -2.24. The van der Waals surface area contributed by atoms with Crippen LogP contribution in [-0.2, 0) is 0 Å². The fourth-order valence-electron chi connectivity index (χ4n) is 1.48. The predicted octanol–water partition coefficient (Wildman–Crippen LogP) is 2.05. The van der Waals surface area contributed by atoms with Crippen LogP contribution in [0.4, 0.5) is 5.95 Å². The molecule has 0 aromatic carbocycles. The molecule has 0 amide bonds. The van der Waals surface area contributed by atoms with Crippen molar-refractivity contribution in [2.75, 3.05) is 12.0 Å². The van der Waals surface area contributed by atoms with E-state index in [4.69, 9.17) is 5.73 Å². The zero-order chi connectivity index (χ0) is 9.26. The molecule has 0 saturated heterocycles. The van der Waals surface area contributed by atoms with E-state index in [-0.39, 0.29) is 0 Å². The van der Waals surface area contributed by atoms with Crippen molar-refractivity contribution in [1.82, 2.24) is 9.97 Å². The second-order valence-corrected chi connectivity index (χ2v) is 4.15. The molecule has 1 aromatic heterocycles. The van der Waals surface area contributed by atoms with E-state index in [0.29, 0.717) is 11.9 Å². The number of anilines is 1. The van der Waals surface area contributed by atoms with Crippen LogP contribution in [0.3, 0.4) is 0 Å². The highest BCUT2D eigenvalue weighted by Gasteiger charge is 2.21. The Morgan fingerprint density at radius 3 is 2.77 bits per heavy atom. The minimum absolute atomic E-state index is 0.411. The Hall–Kier alpha value is -0.770. The lowest BCUT2D eigenvalue weighted by atomic mass is 9.83. The zero-order valence-corrected chi connectivity index (χ0v) is 8.47. The lowest BCUT2D eigenvalue weighted by Crippen LogP contribution is -2.12. The monoisotopic (exact) mass is 195 g/mol. The molecule has 1 aliphatic carbocycles. The van der Waals surface area contributed by atoms with Crippen LogP contribution < -0.4 is 5.73 Å². The second-order valence-electron chi connectivity index (χ2n) is 3.32. The summed E-state index contributed by atoms with van der Waals surface area (Å²) < 4.78 is 0. The van der Waals surface area contributed by atoms with Crippen molar-refractivity contribution in [3.8, 4) is 0 Å². The van der Waals surface area contributed by atoms with E-state index in [0.717, 1.165) is 10.7 Å². The van der Waals surface area contributed by atoms with Crippen LogP contribution in [0.25, 0.3) is 0 Å². The molecule has 0 spiro atoms. The Balaban J connectivity index is 2.28. The first-order valence-electron chi connectivity index (χ1n) is 4.48. The summed E-state index contributed by atoms with van der Waals surface area (Å²) in [6.45, 7) is 0. The Kier molecular flexibility index (Phi) is 2.40. The van der Waals surface area contributed by atoms with Crippen LogP contribution in [0, 0.1) is 0 Å². The Morgan fingerprint density at radius 2 is 2.23 bits per heavy atom. The third-order valence-corrected chi connectivity index (χ3v) is 3.10. The average molecular weight is 195 g/mol. The van der Waals surface area contributed by atoms with Gasteiger partial charge >= 0.3 is 0 Å². The molecule has 3 nitrogen and oxygen atoms in total. The quantitative estimate of drug-likeness (QED) is 0.579. The van der Waals surface area contributed by atoms with E-state index in [2.05, 4.69) is 16.0 Å². The Labute approximate surface area is 82.2 Å². The maximum absolute atomic E-state index is 5.62. The Morgan fingerprint density at radius 1 is 1.46 bits per heavy atom. The van der Waals surface area contributed by atoms with Crippen LogP contribution in [-0.4, -0.2) is 16.2 Å². The van der Waals surface area contributed by atoms with Gasteiger partial charge in [0.15, 0.2) is 0 Å². The molecule has 1 aromatic rings. The van der Waals surface area contributed by atoms with Crippen molar-refractivity contribution in [1.29, 1.82) is 0 Å². The molecule has 2 rings (SSSR count). The smallest absolute Gasteiger partial charge is 0.221 e. The molecular weight excluding hydrogens is 182 g/mol. The zero-order valence-electron chi connectivity index (χ0n) is 7.66. The highest BCUT2D eigenvalue weighted by Crippen LogP contribution is 2.36. The summed E-state index contributed by atoms with van der Waals surface area (Å²) in [7, 11) is 0. The molecule has 1 saturated carbocycles. The van der Waals surface area contributed by atoms with E-state index < -0.39 is 0 Å². The summed E-state index contributed by atoms with van der Waals surface area (Å²) in [5.41, 5.74) is 6.74. The number of hydrogen-bond acceptors (Lipinski definition) is 4. The molecule has 1 fully saturated rings. The SMILES string of the molecule is CSc1cc(C2CCC2)nc(N)n1. The van der Waals surface area contributed by atoms with Crippen LogP contribution in [0.5, 0.6) is 0 Å². The molecule has 0 bridgehead atoms. The molecule has 13 heavy (non-hydrogen) atoms. The minimum Gasteiger partial charge on any atom is -0.368 e. The molecular formula is C9H13N3S. The molecule has 0 aliphatic heterocycles. The van der Waals surface area contributed by atoms with Crippen molar-refractivity contribution < 1.29 is 0 Å². The van der Waals surface area contributed by atoms with Gasteiger partial charge in [0.1, 0.15) is 5.03 Å². The largest absolute Gasteiger partial charge is 0.368 e. The molecule has 0 radical (unpaired) electrons. The van der Waals surface area contributed by atoms with Gasteiger partial charge in [0.05, 0.1) is 5.69 Å². The highest BCUT2D eigenvalue weighted by molar-refractivity contribution is 7.98. The molecule has 1 aliphatic rings. The molecule has 1 heterocycles. The van der Waals surface area contributed by atoms with Gasteiger partial charge in [-0.3, -0.25) is 0 Å². The number of aromatic nitrogens is 2. The number of nitrogens with zero attached hydrogens (tertiary/aromatic N) is 2. The molecule has 70 valence electrons. The van der Waals surface area contributed by atoms with Crippen molar-refractivity contribution in [2.24, 2.45) is 0 Å². The fraction of sp³-hybridized carbons (Fsp3) is 0.556. The van der Waals surface area contributed by atoms with Gasteiger partial charge in [0.2, 0.25) is 5.95 Å². The van der Waals surface area contributed by atoms with Crippen molar-refractivity contribution in [2.45, 2.75) is 30.2 Å². The van der Waals surface area contributed by atoms with E-state index >= 15 is 0 Å². The lowest BCUT2D eigenvalue weighted by molar-refractivity contribution is 0.410. The standard InChI is InChI=1S/C9H13N3S/c1-13-8-5-7(6-3-2-4-6)11-9(10)12-8/h5-6H,2-4H2,1H3,(H2,10,11,12). The van der Waals surface area contributed by atoms with Gasteiger partial charge in [-0.15, -0.1) is 11.8 Å². The third-order valence-electron chi connectivity index (χ3n) is 2.47. The van der Waals surface area contributed by atoms with Crippen molar-refractivity contribution in [3.05, 3.63) is 11.8 Å². The van der Waals surface area contributed by atoms with Gasteiger partial charge in [-0.1, -0.05) is 6.42 Å². The first-order valence-corrected chi connectivity index (χ1v) is 5.70. The normalized spacial score (nSPS) is 17.0. The van der Waals surface area contributed by atoms with Gasteiger partial charge < -0.3 is 5.73 Å². The number of nitrogen functional groups attached to an aromatic ring is 1. The summed E-state index contributed by atoms with van der Waals surface area (Å²) in [5, 5.41) is 0.981. The third kappa shape index (κ3) is 1.77. The molecule has 0 atom stereocenters. The summed E-state index contributed by atoms with van der Waals surface area (Å²) >= 11 is 1.62. The maximum atomic E-state index is 5.62. The van der Waals surface area contributed by atoms with E-state index in [1.54, 1.807) is 11.8 Å². The van der Waals surface area contributed by atoms with Crippen LogP contribution in [0.15, 0.2) is 11.1 Å². The summed E-state index contributed by atoms with van der Waals surface area (Å²) in [5.74, 6) is 1.05. The summed E-state index contributed by atoms with van der Waals surface area (Å²) in [6.07, 6.45) is 5.84. The van der Waals surface area contributed by atoms with Crippen molar-refractivity contribution >= 4 is 17.7 Å². The topological polar surface area (TPSA) is 51.8 Å². The summed E-state index contributed by atoms with van der Waals surface area (Å²) in [6, 6.07) is 2.06. The molecule has 2 N–H and O–H groups in total. The fourth-order valence-corrected chi connectivity index (χ4v) is 1.90. The van der Waals surface area contributed by atoms with Gasteiger partial charge in [-0.25, -0.2) is 9.97 Å². The van der Waals surface area contributed by atoms with Gasteiger partial charge in [-0.2, -0.15) is 0 Å². The van der Waals surface area contributed by atoms with Gasteiger partial charge in [0.25, 0.3) is 0 Å². The van der Waals surface area contributed by atoms with Crippen LogP contribution in [0.1, 0.15) is 30.9 Å². The number of nitrogens with two attached hydrogens (primary N) is 1. The van der Waals surface area contributed by atoms with Gasteiger partial charge in [-0.05, 0) is 25.2 Å². The molecule has 4 heteroatoms. The number of hydrogen-bond donors (Lipinski definition) is 1. The minimum atomic E-state index is 0.411.